The Balaban J connectivity index is 2.26. The van der Waals surface area contributed by atoms with E-state index in [0.29, 0.717) is 0 Å². The van der Waals surface area contributed by atoms with Crippen LogP contribution in [-0.4, -0.2) is 12.5 Å². The van der Waals surface area contributed by atoms with E-state index in [4.69, 9.17) is 14.9 Å². The molecular weight excluding hydrogens is 234 g/mol. The van der Waals surface area contributed by atoms with Gasteiger partial charge in [-0.1, -0.05) is 34.1 Å². The van der Waals surface area contributed by atoms with Gasteiger partial charge < -0.3 is 9.47 Å². The van der Waals surface area contributed by atoms with Crippen molar-refractivity contribution in [3.8, 4) is 0 Å². The molecule has 1 N–H and O–H groups in total. The summed E-state index contributed by atoms with van der Waals surface area (Å²) in [6.07, 6.45) is -0.428. The van der Waals surface area contributed by atoms with Crippen molar-refractivity contribution in [1.82, 2.24) is 0 Å². The van der Waals surface area contributed by atoms with Gasteiger partial charge in [0.15, 0.2) is 0 Å². The zero-order valence-corrected chi connectivity index (χ0v) is 8.37. The van der Waals surface area contributed by atoms with Crippen LogP contribution >= 0.6 is 15.9 Å². The van der Waals surface area contributed by atoms with E-state index in [0.717, 1.165) is 10.0 Å². The summed E-state index contributed by atoms with van der Waals surface area (Å²) in [6, 6.07) is 7.67. The fourth-order valence-electron chi connectivity index (χ4n) is 1.17. The van der Waals surface area contributed by atoms with Crippen molar-refractivity contribution in [1.29, 1.82) is 5.41 Å². The molecule has 1 atom stereocenters. The maximum absolute atomic E-state index is 7.24. The number of rotatable bonds is 1. The van der Waals surface area contributed by atoms with Crippen LogP contribution in [0.15, 0.2) is 28.7 Å². The number of benzene rings is 1. The number of hydrogen-bond acceptors (Lipinski definition) is 3. The summed E-state index contributed by atoms with van der Waals surface area (Å²) in [7, 11) is 0. The van der Waals surface area contributed by atoms with Gasteiger partial charge in [0.2, 0.25) is 12.2 Å². The lowest BCUT2D eigenvalue weighted by atomic mass is 10.2. The molecular formula is C9H8BrNO2. The Bertz CT molecular complexity index is 340. The van der Waals surface area contributed by atoms with Crippen LogP contribution in [0.1, 0.15) is 11.9 Å². The monoisotopic (exact) mass is 241 g/mol. The third kappa shape index (κ3) is 1.73. The molecule has 68 valence electrons. The fraction of sp³-hybridized carbons (Fsp3) is 0.222. The third-order valence-corrected chi connectivity index (χ3v) is 2.50. The SMILES string of the molecule is N=C1COC(c2ccccc2Br)O1. The van der Waals surface area contributed by atoms with Crippen molar-refractivity contribution < 1.29 is 9.47 Å². The number of halogens is 1. The number of ether oxygens (including phenoxy) is 2. The highest BCUT2D eigenvalue weighted by Crippen LogP contribution is 2.29. The first kappa shape index (κ1) is 8.72. The lowest BCUT2D eigenvalue weighted by Crippen LogP contribution is -1.99. The lowest BCUT2D eigenvalue weighted by Gasteiger charge is -2.10. The Morgan fingerprint density at radius 3 is 2.77 bits per heavy atom. The van der Waals surface area contributed by atoms with E-state index in [2.05, 4.69) is 15.9 Å². The molecule has 1 aliphatic heterocycles. The van der Waals surface area contributed by atoms with Gasteiger partial charge in [-0.05, 0) is 6.07 Å². The maximum atomic E-state index is 7.24. The van der Waals surface area contributed by atoms with Crippen molar-refractivity contribution in [2.24, 2.45) is 0 Å². The van der Waals surface area contributed by atoms with E-state index in [9.17, 15) is 0 Å². The molecule has 1 aromatic rings. The van der Waals surface area contributed by atoms with E-state index in [-0.39, 0.29) is 12.5 Å². The van der Waals surface area contributed by atoms with Gasteiger partial charge in [0.1, 0.15) is 6.61 Å². The second kappa shape index (κ2) is 3.47. The molecule has 0 saturated carbocycles. The highest BCUT2D eigenvalue weighted by Gasteiger charge is 2.24. The van der Waals surface area contributed by atoms with Gasteiger partial charge in [-0.15, -0.1) is 0 Å². The molecule has 1 unspecified atom stereocenters. The summed E-state index contributed by atoms with van der Waals surface area (Å²) in [5.74, 6) is 0.181. The predicted octanol–water partition coefficient (Wildman–Crippen LogP) is 2.47. The second-order valence-electron chi connectivity index (χ2n) is 2.71. The normalized spacial score (nSPS) is 21.6. The maximum Gasteiger partial charge on any atom is 0.229 e. The van der Waals surface area contributed by atoms with E-state index in [1.807, 2.05) is 24.3 Å². The highest BCUT2D eigenvalue weighted by molar-refractivity contribution is 9.10. The number of hydrogen-bond donors (Lipinski definition) is 1. The quantitative estimate of drug-likeness (QED) is 0.821. The molecule has 1 saturated heterocycles. The van der Waals surface area contributed by atoms with Gasteiger partial charge in [0.25, 0.3) is 0 Å². The fourth-order valence-corrected chi connectivity index (χ4v) is 1.64. The first-order valence-electron chi connectivity index (χ1n) is 3.87. The molecule has 0 spiro atoms. The highest BCUT2D eigenvalue weighted by atomic mass is 79.9. The molecule has 1 aliphatic rings. The van der Waals surface area contributed by atoms with Gasteiger partial charge in [-0.3, -0.25) is 5.41 Å². The van der Waals surface area contributed by atoms with Crippen molar-refractivity contribution in [3.05, 3.63) is 34.3 Å². The summed E-state index contributed by atoms with van der Waals surface area (Å²) in [4.78, 5) is 0. The van der Waals surface area contributed by atoms with Gasteiger partial charge in [0.05, 0.1) is 0 Å². The average molecular weight is 242 g/mol. The zero-order valence-electron chi connectivity index (χ0n) is 6.79. The van der Waals surface area contributed by atoms with Gasteiger partial charge >= 0.3 is 0 Å². The molecule has 0 amide bonds. The molecule has 1 heterocycles. The summed E-state index contributed by atoms with van der Waals surface area (Å²) < 4.78 is 11.4. The Morgan fingerprint density at radius 2 is 2.15 bits per heavy atom. The molecule has 0 aromatic heterocycles. The average Bonchev–Trinajstić information content (AvgIpc) is 2.53. The van der Waals surface area contributed by atoms with Crippen molar-refractivity contribution in [3.63, 3.8) is 0 Å². The molecule has 0 aliphatic carbocycles. The molecule has 3 nitrogen and oxygen atoms in total. The molecule has 0 radical (unpaired) electrons. The molecule has 1 aromatic carbocycles. The van der Waals surface area contributed by atoms with E-state index >= 15 is 0 Å². The van der Waals surface area contributed by atoms with E-state index in [1.54, 1.807) is 0 Å². The molecule has 0 bridgehead atoms. The largest absolute Gasteiger partial charge is 0.445 e. The summed E-state index contributed by atoms with van der Waals surface area (Å²) >= 11 is 3.40. The molecule has 1 fully saturated rings. The Kier molecular flexibility index (Phi) is 2.33. The molecule has 4 heteroatoms. The van der Waals surface area contributed by atoms with Crippen LogP contribution in [0.4, 0.5) is 0 Å². The summed E-state index contributed by atoms with van der Waals surface area (Å²) in [5.41, 5.74) is 0.921. The van der Waals surface area contributed by atoms with Gasteiger partial charge in [-0.2, -0.15) is 0 Å². The number of nitrogens with one attached hydrogen (secondary N) is 1. The van der Waals surface area contributed by atoms with Gasteiger partial charge in [0, 0.05) is 10.0 Å². The van der Waals surface area contributed by atoms with Crippen molar-refractivity contribution >= 4 is 21.8 Å². The topological polar surface area (TPSA) is 42.3 Å². The van der Waals surface area contributed by atoms with Crippen LogP contribution in [0.3, 0.4) is 0 Å². The molecule has 2 rings (SSSR count). The standard InChI is InChI=1S/C9H8BrNO2/c10-7-4-2-1-3-6(7)9-12-5-8(11)13-9/h1-4,9,11H,5H2. The van der Waals surface area contributed by atoms with Crippen molar-refractivity contribution in [2.45, 2.75) is 6.29 Å². The Morgan fingerprint density at radius 1 is 1.38 bits per heavy atom. The first-order valence-corrected chi connectivity index (χ1v) is 4.67. The zero-order chi connectivity index (χ0) is 9.26. The smallest absolute Gasteiger partial charge is 0.229 e. The summed E-state index contributed by atoms with van der Waals surface area (Å²) in [5, 5.41) is 7.24. The van der Waals surface area contributed by atoms with E-state index in [1.165, 1.54) is 0 Å². The minimum Gasteiger partial charge on any atom is -0.445 e. The van der Waals surface area contributed by atoms with Gasteiger partial charge in [-0.25, -0.2) is 0 Å². The third-order valence-electron chi connectivity index (χ3n) is 1.77. The van der Waals surface area contributed by atoms with Crippen LogP contribution in [0.5, 0.6) is 0 Å². The summed E-state index contributed by atoms with van der Waals surface area (Å²) in [6.45, 7) is 0.256. The lowest BCUT2D eigenvalue weighted by molar-refractivity contribution is -0.0252. The minimum atomic E-state index is -0.428. The predicted molar refractivity (Wildman–Crippen MR) is 51.6 cm³/mol. The van der Waals surface area contributed by atoms with Crippen LogP contribution in [0.2, 0.25) is 0 Å². The van der Waals surface area contributed by atoms with Crippen LogP contribution in [0, 0.1) is 5.41 Å². The van der Waals surface area contributed by atoms with Crippen LogP contribution < -0.4 is 0 Å². The Hall–Kier alpha value is -0.870. The Labute approximate surface area is 84.3 Å². The first-order chi connectivity index (χ1) is 6.27. The van der Waals surface area contributed by atoms with Crippen molar-refractivity contribution in [2.75, 3.05) is 6.61 Å². The van der Waals surface area contributed by atoms with E-state index < -0.39 is 6.29 Å². The molecule has 13 heavy (non-hydrogen) atoms. The second-order valence-corrected chi connectivity index (χ2v) is 3.56. The van der Waals surface area contributed by atoms with Crippen LogP contribution in [0.25, 0.3) is 0 Å². The van der Waals surface area contributed by atoms with Crippen LogP contribution in [-0.2, 0) is 9.47 Å². The minimum absolute atomic E-state index is 0.181.